The maximum Gasteiger partial charge on any atom is 0.220 e. The number of hydrogen-bond acceptors (Lipinski definition) is 4. The average Bonchev–Trinajstić information content (AvgIpc) is 2.08. The van der Waals surface area contributed by atoms with Crippen molar-refractivity contribution in [3.8, 4) is 5.88 Å². The van der Waals surface area contributed by atoms with Crippen LogP contribution in [-0.4, -0.2) is 22.4 Å². The van der Waals surface area contributed by atoms with Crippen LogP contribution in [0.4, 0.5) is 0 Å². The summed E-state index contributed by atoms with van der Waals surface area (Å²) in [6.07, 6.45) is 3.35. The minimum atomic E-state index is 0.0794. The number of aromatic nitrogens is 2. The Morgan fingerprint density at radius 3 is 3.08 bits per heavy atom. The monoisotopic (exact) mass is 180 g/mol. The van der Waals surface area contributed by atoms with E-state index in [0.717, 1.165) is 5.56 Å². The highest BCUT2D eigenvalue weighted by Crippen LogP contribution is 2.12. The van der Waals surface area contributed by atoms with Gasteiger partial charge in [-0.25, -0.2) is 9.97 Å². The van der Waals surface area contributed by atoms with Gasteiger partial charge in [0.15, 0.2) is 0 Å². The van der Waals surface area contributed by atoms with E-state index in [-0.39, 0.29) is 5.84 Å². The van der Waals surface area contributed by atoms with Crippen LogP contribution in [0.3, 0.4) is 0 Å². The van der Waals surface area contributed by atoms with Crippen molar-refractivity contribution in [2.75, 3.05) is 6.61 Å². The highest BCUT2D eigenvalue weighted by Gasteiger charge is 2.05. The summed E-state index contributed by atoms with van der Waals surface area (Å²) >= 11 is 0. The Hall–Kier alpha value is -1.65. The van der Waals surface area contributed by atoms with Crippen LogP contribution in [-0.2, 0) is 6.42 Å². The molecule has 1 aromatic heterocycles. The Morgan fingerprint density at radius 1 is 1.69 bits per heavy atom. The molecule has 5 nitrogen and oxygen atoms in total. The van der Waals surface area contributed by atoms with Gasteiger partial charge < -0.3 is 10.5 Å². The highest BCUT2D eigenvalue weighted by molar-refractivity contribution is 5.79. The summed E-state index contributed by atoms with van der Waals surface area (Å²) in [6, 6.07) is 0. The molecular formula is C8H12N4O. The summed E-state index contributed by atoms with van der Waals surface area (Å²) < 4.78 is 5.23. The molecule has 0 fully saturated rings. The van der Waals surface area contributed by atoms with Gasteiger partial charge in [0.05, 0.1) is 12.4 Å². The number of nitrogens with one attached hydrogen (secondary N) is 1. The van der Waals surface area contributed by atoms with Crippen LogP contribution < -0.4 is 10.5 Å². The maximum atomic E-state index is 7.13. The number of hydrogen-bond donors (Lipinski definition) is 2. The van der Waals surface area contributed by atoms with Crippen molar-refractivity contribution in [2.24, 2.45) is 5.73 Å². The molecule has 0 aromatic carbocycles. The third kappa shape index (κ3) is 2.70. The van der Waals surface area contributed by atoms with Crippen LogP contribution in [0.25, 0.3) is 0 Å². The number of rotatable bonds is 4. The van der Waals surface area contributed by atoms with Crippen molar-refractivity contribution in [2.45, 2.75) is 13.3 Å². The molecule has 0 unspecified atom stereocenters. The molecule has 13 heavy (non-hydrogen) atoms. The Labute approximate surface area is 76.5 Å². The summed E-state index contributed by atoms with van der Waals surface area (Å²) in [5.41, 5.74) is 6.01. The largest absolute Gasteiger partial charge is 0.478 e. The smallest absolute Gasteiger partial charge is 0.220 e. The fraction of sp³-hybridized carbons (Fsp3) is 0.375. The molecular weight excluding hydrogens is 168 g/mol. The SMILES string of the molecule is CCOc1ncncc1CC(=N)N. The van der Waals surface area contributed by atoms with Crippen molar-refractivity contribution in [3.63, 3.8) is 0 Å². The first-order chi connectivity index (χ1) is 6.24. The third-order valence-electron chi connectivity index (χ3n) is 1.41. The van der Waals surface area contributed by atoms with Crippen molar-refractivity contribution < 1.29 is 4.74 Å². The third-order valence-corrected chi connectivity index (χ3v) is 1.41. The van der Waals surface area contributed by atoms with Crippen LogP contribution >= 0.6 is 0 Å². The van der Waals surface area contributed by atoms with Gasteiger partial charge in [-0.15, -0.1) is 0 Å². The van der Waals surface area contributed by atoms with E-state index in [4.69, 9.17) is 15.9 Å². The Bertz CT molecular complexity index is 300. The van der Waals surface area contributed by atoms with Crippen LogP contribution in [0.15, 0.2) is 12.5 Å². The first kappa shape index (κ1) is 9.44. The zero-order valence-corrected chi connectivity index (χ0v) is 7.45. The summed E-state index contributed by atoms with van der Waals surface area (Å²) in [7, 11) is 0. The normalized spacial score (nSPS) is 9.62. The number of nitrogens with zero attached hydrogens (tertiary/aromatic N) is 2. The van der Waals surface area contributed by atoms with Gasteiger partial charge in [0.25, 0.3) is 0 Å². The number of ether oxygens (including phenoxy) is 1. The predicted octanol–water partition coefficient (Wildman–Crippen LogP) is 0.354. The van der Waals surface area contributed by atoms with Gasteiger partial charge in [-0.05, 0) is 6.92 Å². The second-order valence-corrected chi connectivity index (χ2v) is 2.49. The molecule has 0 atom stereocenters. The lowest BCUT2D eigenvalue weighted by Gasteiger charge is -2.06. The van der Waals surface area contributed by atoms with Crippen molar-refractivity contribution in [1.82, 2.24) is 9.97 Å². The van der Waals surface area contributed by atoms with Crippen molar-refractivity contribution in [1.29, 1.82) is 5.41 Å². The van der Waals surface area contributed by atoms with E-state index >= 15 is 0 Å². The van der Waals surface area contributed by atoms with Crippen molar-refractivity contribution >= 4 is 5.84 Å². The Morgan fingerprint density at radius 2 is 2.46 bits per heavy atom. The van der Waals surface area contributed by atoms with Crippen LogP contribution in [0.1, 0.15) is 12.5 Å². The number of amidine groups is 1. The van der Waals surface area contributed by atoms with Gasteiger partial charge in [-0.3, -0.25) is 5.41 Å². The molecule has 0 saturated carbocycles. The molecule has 0 aliphatic heterocycles. The van der Waals surface area contributed by atoms with E-state index in [1.807, 2.05) is 6.92 Å². The fourth-order valence-corrected chi connectivity index (χ4v) is 0.940. The fourth-order valence-electron chi connectivity index (χ4n) is 0.940. The molecule has 0 saturated heterocycles. The average molecular weight is 180 g/mol. The molecule has 0 aliphatic rings. The zero-order chi connectivity index (χ0) is 9.68. The second-order valence-electron chi connectivity index (χ2n) is 2.49. The van der Waals surface area contributed by atoms with Gasteiger partial charge in [-0.2, -0.15) is 0 Å². The molecule has 70 valence electrons. The van der Waals surface area contributed by atoms with Gasteiger partial charge >= 0.3 is 0 Å². The van der Waals surface area contributed by atoms with Crippen molar-refractivity contribution in [3.05, 3.63) is 18.1 Å². The van der Waals surface area contributed by atoms with E-state index in [1.54, 1.807) is 6.20 Å². The first-order valence-corrected chi connectivity index (χ1v) is 3.98. The summed E-state index contributed by atoms with van der Waals surface area (Å²) in [5, 5.41) is 7.13. The lowest BCUT2D eigenvalue weighted by atomic mass is 10.2. The minimum absolute atomic E-state index is 0.0794. The van der Waals surface area contributed by atoms with Crippen LogP contribution in [0.5, 0.6) is 5.88 Å². The predicted molar refractivity (Wildman–Crippen MR) is 48.8 cm³/mol. The van der Waals surface area contributed by atoms with E-state index in [0.29, 0.717) is 18.9 Å². The molecule has 0 radical (unpaired) electrons. The van der Waals surface area contributed by atoms with Gasteiger partial charge in [-0.1, -0.05) is 0 Å². The van der Waals surface area contributed by atoms with E-state index in [2.05, 4.69) is 9.97 Å². The molecule has 5 heteroatoms. The molecule has 1 rings (SSSR count). The summed E-state index contributed by atoms with van der Waals surface area (Å²) in [5.74, 6) is 0.587. The van der Waals surface area contributed by atoms with Gasteiger partial charge in [0.1, 0.15) is 6.33 Å². The molecule has 0 amide bonds. The molecule has 0 bridgehead atoms. The van der Waals surface area contributed by atoms with Gasteiger partial charge in [0.2, 0.25) is 5.88 Å². The number of nitrogens with two attached hydrogens (primary N) is 1. The summed E-state index contributed by atoms with van der Waals surface area (Å²) in [4.78, 5) is 7.77. The lowest BCUT2D eigenvalue weighted by Crippen LogP contribution is -2.14. The minimum Gasteiger partial charge on any atom is -0.478 e. The Kier molecular flexibility index (Phi) is 3.19. The van der Waals surface area contributed by atoms with Crippen LogP contribution in [0.2, 0.25) is 0 Å². The molecule has 3 N–H and O–H groups in total. The topological polar surface area (TPSA) is 84.9 Å². The van der Waals surface area contributed by atoms with E-state index in [9.17, 15) is 0 Å². The van der Waals surface area contributed by atoms with E-state index in [1.165, 1.54) is 6.33 Å². The van der Waals surface area contributed by atoms with E-state index < -0.39 is 0 Å². The molecule has 0 spiro atoms. The first-order valence-electron chi connectivity index (χ1n) is 3.98. The maximum absolute atomic E-state index is 7.13. The lowest BCUT2D eigenvalue weighted by molar-refractivity contribution is 0.323. The second kappa shape index (κ2) is 4.39. The Balaban J connectivity index is 2.84. The quantitative estimate of drug-likeness (QED) is 0.517. The van der Waals surface area contributed by atoms with Gasteiger partial charge in [0, 0.05) is 18.2 Å². The molecule has 0 aliphatic carbocycles. The highest BCUT2D eigenvalue weighted by atomic mass is 16.5. The zero-order valence-electron chi connectivity index (χ0n) is 7.45. The molecule has 1 heterocycles. The summed E-state index contributed by atoms with van der Waals surface area (Å²) in [6.45, 7) is 2.42. The molecule has 1 aromatic rings. The standard InChI is InChI=1S/C8H12N4O/c1-2-13-8-6(3-7(9)10)4-11-5-12-8/h4-5H,2-3H2,1H3,(H3,9,10). The van der Waals surface area contributed by atoms with Crippen LogP contribution in [0, 0.1) is 5.41 Å².